The summed E-state index contributed by atoms with van der Waals surface area (Å²) in [5.41, 5.74) is 3.77. The molecule has 4 aromatic rings. The molecule has 0 radical (unpaired) electrons. The minimum Gasteiger partial charge on any atom is -0.317 e. The Hall–Kier alpha value is -2.21. The summed E-state index contributed by atoms with van der Waals surface area (Å²) in [6.07, 6.45) is 1.97. The number of hydrogen-bond donors (Lipinski definition) is 0. The Kier molecular flexibility index (Phi) is 4.21. The summed E-state index contributed by atoms with van der Waals surface area (Å²) in [6, 6.07) is 17.1. The molecule has 2 aromatic heterocycles. The predicted molar refractivity (Wildman–Crippen MR) is 108 cm³/mol. The first-order chi connectivity index (χ1) is 12.9. The van der Waals surface area contributed by atoms with Gasteiger partial charge in [-0.1, -0.05) is 30.3 Å². The molecule has 0 spiro atoms. The number of thiophene rings is 1. The van der Waals surface area contributed by atoms with Gasteiger partial charge in [0.1, 0.15) is 0 Å². The van der Waals surface area contributed by atoms with Crippen LogP contribution in [0.25, 0.3) is 21.1 Å². The van der Waals surface area contributed by atoms with E-state index < -0.39 is 0 Å². The van der Waals surface area contributed by atoms with Crippen LogP contribution in [-0.2, 0) is 13.2 Å². The third-order valence-corrected chi connectivity index (χ3v) is 6.31. The van der Waals surface area contributed by atoms with Crippen molar-refractivity contribution in [3.63, 3.8) is 0 Å². The fraction of sp³-hybridized carbons (Fsp3) is 0.286. The van der Waals surface area contributed by atoms with E-state index in [0.29, 0.717) is 0 Å². The lowest BCUT2D eigenvalue weighted by molar-refractivity contribution is 0.104. The van der Waals surface area contributed by atoms with Crippen LogP contribution in [0.5, 0.6) is 0 Å². The molecule has 2 aromatic carbocycles. The van der Waals surface area contributed by atoms with Crippen LogP contribution in [-0.4, -0.2) is 45.5 Å². The molecule has 5 heteroatoms. The maximum Gasteiger partial charge on any atom is 0.0969 e. The normalized spacial score (nSPS) is 16.6. The van der Waals surface area contributed by atoms with Crippen molar-refractivity contribution in [3.05, 3.63) is 65.8 Å². The molecule has 132 valence electrons. The van der Waals surface area contributed by atoms with Gasteiger partial charge in [-0.3, -0.25) is 9.80 Å². The average molecular weight is 363 g/mol. The zero-order chi connectivity index (χ0) is 17.3. The Morgan fingerprint density at radius 1 is 0.885 bits per heavy atom. The Labute approximate surface area is 157 Å². The first-order valence-corrected chi connectivity index (χ1v) is 10.0. The third-order valence-electron chi connectivity index (χ3n) is 5.30. The van der Waals surface area contributed by atoms with Crippen LogP contribution in [0.4, 0.5) is 0 Å². The largest absolute Gasteiger partial charge is 0.317 e. The molecule has 0 amide bonds. The van der Waals surface area contributed by atoms with Crippen LogP contribution in [0.15, 0.2) is 60.2 Å². The van der Waals surface area contributed by atoms with Crippen LogP contribution in [0.3, 0.4) is 0 Å². The molecule has 0 atom stereocenters. The summed E-state index contributed by atoms with van der Waals surface area (Å²) < 4.78 is 3.66. The Morgan fingerprint density at radius 3 is 2.58 bits per heavy atom. The van der Waals surface area contributed by atoms with Gasteiger partial charge in [0.15, 0.2) is 0 Å². The molecule has 0 unspecified atom stereocenters. The molecule has 1 aliphatic rings. The topological polar surface area (TPSA) is 24.3 Å². The van der Waals surface area contributed by atoms with E-state index in [-0.39, 0.29) is 0 Å². The van der Waals surface area contributed by atoms with Crippen molar-refractivity contribution in [2.45, 2.75) is 13.2 Å². The zero-order valence-electron chi connectivity index (χ0n) is 14.7. The Morgan fingerprint density at radius 2 is 1.65 bits per heavy atom. The average Bonchev–Trinajstić information content (AvgIpc) is 3.28. The second kappa shape index (κ2) is 6.83. The van der Waals surface area contributed by atoms with Gasteiger partial charge in [-0.15, -0.1) is 11.3 Å². The summed E-state index contributed by atoms with van der Waals surface area (Å²) in [5.74, 6) is 0. The van der Waals surface area contributed by atoms with Gasteiger partial charge in [0, 0.05) is 37.4 Å². The summed E-state index contributed by atoms with van der Waals surface area (Å²) in [7, 11) is 0. The molecule has 1 saturated heterocycles. The van der Waals surface area contributed by atoms with Crippen molar-refractivity contribution < 1.29 is 0 Å². The van der Waals surface area contributed by atoms with E-state index >= 15 is 0 Å². The third kappa shape index (κ3) is 3.03. The zero-order valence-corrected chi connectivity index (χ0v) is 15.5. The van der Waals surface area contributed by atoms with Crippen LogP contribution in [0.1, 0.15) is 5.56 Å². The van der Waals surface area contributed by atoms with E-state index in [1.165, 1.54) is 21.2 Å². The van der Waals surface area contributed by atoms with Gasteiger partial charge < -0.3 is 4.57 Å². The first-order valence-electron chi connectivity index (χ1n) is 9.16. The van der Waals surface area contributed by atoms with Crippen LogP contribution in [0.2, 0.25) is 0 Å². The number of imidazole rings is 1. The standard InChI is InChI=1S/C21H22N4S/c1-4-8-21-18(5-1)17(14-26-21)13-23-9-11-24(12-10-23)16-25-15-22-19-6-2-3-7-20(19)25/h1-8,14-15H,9-13,16H2. The maximum atomic E-state index is 4.51. The number of benzene rings is 2. The predicted octanol–water partition coefficient (Wildman–Crippen LogP) is 4.03. The second-order valence-corrected chi connectivity index (χ2v) is 7.91. The number of piperazine rings is 1. The van der Waals surface area contributed by atoms with Gasteiger partial charge >= 0.3 is 0 Å². The van der Waals surface area contributed by atoms with Gasteiger partial charge in [0.05, 0.1) is 24.0 Å². The molecule has 1 fully saturated rings. The lowest BCUT2D eigenvalue weighted by Crippen LogP contribution is -2.46. The van der Waals surface area contributed by atoms with Crippen LogP contribution < -0.4 is 0 Å². The Balaban J connectivity index is 1.22. The van der Waals surface area contributed by atoms with E-state index in [9.17, 15) is 0 Å². The molecule has 26 heavy (non-hydrogen) atoms. The highest BCUT2D eigenvalue weighted by molar-refractivity contribution is 7.17. The first kappa shape index (κ1) is 16.0. The minimum absolute atomic E-state index is 0.926. The molecule has 0 aliphatic carbocycles. The van der Waals surface area contributed by atoms with Crippen molar-refractivity contribution >= 4 is 32.5 Å². The lowest BCUT2D eigenvalue weighted by atomic mass is 10.1. The highest BCUT2D eigenvalue weighted by atomic mass is 32.1. The van der Waals surface area contributed by atoms with Crippen molar-refractivity contribution in [1.29, 1.82) is 0 Å². The molecule has 0 saturated carbocycles. The highest BCUT2D eigenvalue weighted by Crippen LogP contribution is 2.27. The van der Waals surface area contributed by atoms with Crippen molar-refractivity contribution in [2.75, 3.05) is 26.2 Å². The molecular weight excluding hydrogens is 340 g/mol. The van der Waals surface area contributed by atoms with E-state index in [4.69, 9.17) is 0 Å². The van der Waals surface area contributed by atoms with Gasteiger partial charge in [-0.25, -0.2) is 4.98 Å². The van der Waals surface area contributed by atoms with Gasteiger partial charge in [0.25, 0.3) is 0 Å². The van der Waals surface area contributed by atoms with Crippen LogP contribution >= 0.6 is 11.3 Å². The number of hydrogen-bond acceptors (Lipinski definition) is 4. The van der Waals surface area contributed by atoms with Crippen molar-refractivity contribution in [1.82, 2.24) is 19.4 Å². The monoisotopic (exact) mass is 362 g/mol. The summed E-state index contributed by atoms with van der Waals surface area (Å²) in [5, 5.41) is 3.75. The fourth-order valence-corrected chi connectivity index (χ4v) is 4.78. The lowest BCUT2D eigenvalue weighted by Gasteiger charge is -2.34. The van der Waals surface area contributed by atoms with E-state index in [1.807, 2.05) is 23.7 Å². The smallest absolute Gasteiger partial charge is 0.0969 e. The van der Waals surface area contributed by atoms with Gasteiger partial charge in [-0.2, -0.15) is 0 Å². The number of rotatable bonds is 4. The van der Waals surface area contributed by atoms with Gasteiger partial charge in [0.2, 0.25) is 0 Å². The molecule has 1 aliphatic heterocycles. The Bertz CT molecular complexity index is 943. The molecule has 3 heterocycles. The minimum atomic E-state index is 0.926. The molecule has 4 nitrogen and oxygen atoms in total. The maximum absolute atomic E-state index is 4.51. The second-order valence-electron chi connectivity index (χ2n) is 7.00. The number of fused-ring (bicyclic) bond motifs is 2. The fourth-order valence-electron chi connectivity index (χ4n) is 3.82. The van der Waals surface area contributed by atoms with E-state index in [2.05, 4.69) is 67.2 Å². The molecule has 5 rings (SSSR count). The van der Waals surface area contributed by atoms with E-state index in [1.54, 1.807) is 0 Å². The number of para-hydroxylation sites is 2. The van der Waals surface area contributed by atoms with Crippen LogP contribution in [0, 0.1) is 0 Å². The number of aromatic nitrogens is 2. The molecular formula is C21H22N4S. The summed E-state index contributed by atoms with van der Waals surface area (Å²) in [4.78, 5) is 9.61. The van der Waals surface area contributed by atoms with Gasteiger partial charge in [-0.05, 0) is 34.5 Å². The number of nitrogens with zero attached hydrogens (tertiary/aromatic N) is 4. The SMILES string of the molecule is c1ccc2c(c1)ncn2CN1CCN(Cc2csc3ccccc23)CC1. The highest BCUT2D eigenvalue weighted by Gasteiger charge is 2.18. The molecule has 0 N–H and O–H groups in total. The van der Waals surface area contributed by atoms with Crippen molar-refractivity contribution in [2.24, 2.45) is 0 Å². The molecule has 0 bridgehead atoms. The van der Waals surface area contributed by atoms with E-state index in [0.717, 1.165) is 44.9 Å². The quantitative estimate of drug-likeness (QED) is 0.548. The van der Waals surface area contributed by atoms with Crippen molar-refractivity contribution in [3.8, 4) is 0 Å². The summed E-state index contributed by atoms with van der Waals surface area (Å²) in [6.45, 7) is 6.44. The summed E-state index contributed by atoms with van der Waals surface area (Å²) >= 11 is 1.86.